The molecule has 1 aromatic rings. The standard InChI is InChI=1S/C13H19ClN4O/c1-3-5-11-16-10(14)8-12(17-11)18-7-6-15-13(19)9(18)4-2/h8-9H,3-7H2,1-2H3,(H,15,19). The summed E-state index contributed by atoms with van der Waals surface area (Å²) < 4.78 is 0. The van der Waals surface area contributed by atoms with Gasteiger partial charge in [0, 0.05) is 25.6 Å². The van der Waals surface area contributed by atoms with Crippen LogP contribution in [-0.4, -0.2) is 35.0 Å². The third kappa shape index (κ3) is 3.15. The molecule has 1 unspecified atom stereocenters. The Morgan fingerprint density at radius 2 is 2.26 bits per heavy atom. The number of anilines is 1. The minimum Gasteiger partial charge on any atom is -0.353 e. The van der Waals surface area contributed by atoms with Gasteiger partial charge in [0.2, 0.25) is 5.91 Å². The van der Waals surface area contributed by atoms with Crippen molar-refractivity contribution in [3.8, 4) is 0 Å². The number of aryl methyl sites for hydroxylation is 1. The molecule has 1 atom stereocenters. The highest BCUT2D eigenvalue weighted by Crippen LogP contribution is 2.21. The number of amides is 1. The van der Waals surface area contributed by atoms with Gasteiger partial charge in [-0.1, -0.05) is 25.4 Å². The lowest BCUT2D eigenvalue weighted by atomic mass is 10.1. The van der Waals surface area contributed by atoms with Crippen LogP contribution in [0.2, 0.25) is 5.15 Å². The van der Waals surface area contributed by atoms with E-state index in [9.17, 15) is 4.79 Å². The van der Waals surface area contributed by atoms with Crippen LogP contribution in [-0.2, 0) is 11.2 Å². The van der Waals surface area contributed by atoms with Crippen LogP contribution < -0.4 is 10.2 Å². The Morgan fingerprint density at radius 1 is 1.47 bits per heavy atom. The normalized spacial score (nSPS) is 19.4. The number of aromatic nitrogens is 2. The summed E-state index contributed by atoms with van der Waals surface area (Å²) >= 11 is 6.05. The van der Waals surface area contributed by atoms with E-state index in [-0.39, 0.29) is 11.9 Å². The van der Waals surface area contributed by atoms with E-state index in [2.05, 4.69) is 22.2 Å². The largest absolute Gasteiger partial charge is 0.353 e. The van der Waals surface area contributed by atoms with Crippen molar-refractivity contribution >= 4 is 23.3 Å². The second-order valence-electron chi connectivity index (χ2n) is 4.62. The van der Waals surface area contributed by atoms with Gasteiger partial charge >= 0.3 is 0 Å². The zero-order valence-corrected chi connectivity index (χ0v) is 12.1. The highest BCUT2D eigenvalue weighted by molar-refractivity contribution is 6.29. The summed E-state index contributed by atoms with van der Waals surface area (Å²) in [5.41, 5.74) is 0. The molecule has 6 heteroatoms. The molecule has 1 amide bonds. The first-order valence-corrected chi connectivity index (χ1v) is 7.11. The average molecular weight is 283 g/mol. The summed E-state index contributed by atoms with van der Waals surface area (Å²) in [6, 6.07) is 1.57. The summed E-state index contributed by atoms with van der Waals surface area (Å²) in [7, 11) is 0. The smallest absolute Gasteiger partial charge is 0.242 e. The first-order chi connectivity index (χ1) is 9.15. The van der Waals surface area contributed by atoms with Gasteiger partial charge < -0.3 is 10.2 Å². The molecule has 1 aromatic heterocycles. The zero-order valence-electron chi connectivity index (χ0n) is 11.3. The van der Waals surface area contributed by atoms with E-state index in [1.165, 1.54) is 0 Å². The maximum Gasteiger partial charge on any atom is 0.242 e. The van der Waals surface area contributed by atoms with Crippen LogP contribution in [0.5, 0.6) is 0 Å². The van der Waals surface area contributed by atoms with Crippen molar-refractivity contribution in [2.75, 3.05) is 18.0 Å². The van der Waals surface area contributed by atoms with Crippen LogP contribution in [0.15, 0.2) is 6.07 Å². The molecule has 0 aliphatic carbocycles. The zero-order chi connectivity index (χ0) is 13.8. The van der Waals surface area contributed by atoms with Crippen molar-refractivity contribution in [2.45, 2.75) is 39.2 Å². The van der Waals surface area contributed by atoms with Gasteiger partial charge in [-0.05, 0) is 12.8 Å². The molecule has 5 nitrogen and oxygen atoms in total. The fourth-order valence-corrected chi connectivity index (χ4v) is 2.52. The summed E-state index contributed by atoms with van der Waals surface area (Å²) in [5.74, 6) is 1.55. The van der Waals surface area contributed by atoms with Gasteiger partial charge in [0.25, 0.3) is 0 Å². The number of halogens is 1. The highest BCUT2D eigenvalue weighted by Gasteiger charge is 2.29. The predicted octanol–water partition coefficient (Wildman–Crippen LogP) is 1.80. The Kier molecular flexibility index (Phi) is 4.58. The van der Waals surface area contributed by atoms with Crippen LogP contribution in [0.1, 0.15) is 32.5 Å². The Hall–Kier alpha value is -1.36. The lowest BCUT2D eigenvalue weighted by Crippen LogP contribution is -2.55. The molecule has 1 aliphatic heterocycles. The van der Waals surface area contributed by atoms with Crippen molar-refractivity contribution in [1.82, 2.24) is 15.3 Å². The van der Waals surface area contributed by atoms with E-state index in [0.29, 0.717) is 11.7 Å². The molecule has 19 heavy (non-hydrogen) atoms. The molecule has 0 saturated carbocycles. The monoisotopic (exact) mass is 282 g/mol. The van der Waals surface area contributed by atoms with Gasteiger partial charge in [-0.15, -0.1) is 0 Å². The molecule has 0 aromatic carbocycles. The molecule has 104 valence electrons. The van der Waals surface area contributed by atoms with Gasteiger partial charge in [0.15, 0.2) is 0 Å². The minimum atomic E-state index is -0.172. The fraction of sp³-hybridized carbons (Fsp3) is 0.615. The Labute approximate surface area is 118 Å². The number of carbonyl (C=O) groups is 1. The topological polar surface area (TPSA) is 58.1 Å². The van der Waals surface area contributed by atoms with Gasteiger partial charge in [0.1, 0.15) is 22.8 Å². The van der Waals surface area contributed by atoms with Crippen LogP contribution in [0.3, 0.4) is 0 Å². The number of piperazine rings is 1. The molecule has 0 radical (unpaired) electrons. The van der Waals surface area contributed by atoms with E-state index < -0.39 is 0 Å². The number of hydrogen-bond acceptors (Lipinski definition) is 4. The van der Waals surface area contributed by atoms with E-state index in [0.717, 1.165) is 37.4 Å². The number of nitrogens with one attached hydrogen (secondary N) is 1. The van der Waals surface area contributed by atoms with Crippen molar-refractivity contribution in [1.29, 1.82) is 0 Å². The SMILES string of the molecule is CCCc1nc(Cl)cc(N2CCNC(=O)C2CC)n1. The van der Waals surface area contributed by atoms with Crippen LogP contribution in [0, 0.1) is 0 Å². The maximum absolute atomic E-state index is 11.9. The first-order valence-electron chi connectivity index (χ1n) is 6.73. The van der Waals surface area contributed by atoms with Crippen LogP contribution in [0.4, 0.5) is 5.82 Å². The fourth-order valence-electron chi connectivity index (χ4n) is 2.33. The third-order valence-electron chi connectivity index (χ3n) is 3.21. The Morgan fingerprint density at radius 3 is 2.95 bits per heavy atom. The lowest BCUT2D eigenvalue weighted by Gasteiger charge is -2.35. The van der Waals surface area contributed by atoms with Gasteiger partial charge in [-0.3, -0.25) is 4.79 Å². The Balaban J connectivity index is 2.31. The maximum atomic E-state index is 11.9. The van der Waals surface area contributed by atoms with Gasteiger partial charge in [-0.25, -0.2) is 9.97 Å². The minimum absolute atomic E-state index is 0.0560. The number of hydrogen-bond donors (Lipinski definition) is 1. The van der Waals surface area contributed by atoms with E-state index in [1.807, 2.05) is 11.8 Å². The summed E-state index contributed by atoms with van der Waals surface area (Å²) in [4.78, 5) is 22.6. The van der Waals surface area contributed by atoms with Crippen LogP contribution in [0.25, 0.3) is 0 Å². The molecule has 0 bridgehead atoms. The second-order valence-corrected chi connectivity index (χ2v) is 5.01. The van der Waals surface area contributed by atoms with Gasteiger partial charge in [0.05, 0.1) is 0 Å². The van der Waals surface area contributed by atoms with Gasteiger partial charge in [-0.2, -0.15) is 0 Å². The number of rotatable bonds is 4. The summed E-state index contributed by atoms with van der Waals surface area (Å²) in [6.45, 7) is 5.47. The van der Waals surface area contributed by atoms with Crippen molar-refractivity contribution in [3.05, 3.63) is 17.0 Å². The first kappa shape index (κ1) is 14.1. The average Bonchev–Trinajstić information content (AvgIpc) is 2.38. The third-order valence-corrected chi connectivity index (χ3v) is 3.41. The van der Waals surface area contributed by atoms with E-state index in [4.69, 9.17) is 11.6 Å². The molecule has 2 rings (SSSR count). The predicted molar refractivity (Wildman–Crippen MR) is 75.5 cm³/mol. The molecule has 1 saturated heterocycles. The number of nitrogens with zero attached hydrogens (tertiary/aromatic N) is 3. The van der Waals surface area contributed by atoms with Crippen molar-refractivity contribution < 1.29 is 4.79 Å². The molecule has 1 N–H and O–H groups in total. The van der Waals surface area contributed by atoms with Crippen LogP contribution >= 0.6 is 11.6 Å². The summed E-state index contributed by atoms with van der Waals surface area (Å²) in [5, 5.41) is 3.32. The molecular weight excluding hydrogens is 264 g/mol. The Bertz CT molecular complexity index is 466. The molecule has 1 fully saturated rings. The summed E-state index contributed by atoms with van der Waals surface area (Å²) in [6.07, 6.45) is 2.51. The van der Waals surface area contributed by atoms with Crippen molar-refractivity contribution in [3.63, 3.8) is 0 Å². The second kappa shape index (κ2) is 6.19. The molecular formula is C13H19ClN4O. The number of carbonyl (C=O) groups excluding carboxylic acids is 1. The molecule has 0 spiro atoms. The van der Waals surface area contributed by atoms with E-state index >= 15 is 0 Å². The highest BCUT2D eigenvalue weighted by atomic mass is 35.5. The lowest BCUT2D eigenvalue weighted by molar-refractivity contribution is -0.123. The quantitative estimate of drug-likeness (QED) is 0.856. The molecule has 1 aliphatic rings. The molecule has 2 heterocycles. The van der Waals surface area contributed by atoms with E-state index in [1.54, 1.807) is 6.07 Å². The van der Waals surface area contributed by atoms with Crippen molar-refractivity contribution in [2.24, 2.45) is 0 Å².